The van der Waals surface area contributed by atoms with E-state index in [9.17, 15) is 0 Å². The quantitative estimate of drug-likeness (QED) is 0.316. The molecule has 3 nitrogen and oxygen atoms in total. The van der Waals surface area contributed by atoms with Crippen molar-refractivity contribution in [1.29, 1.82) is 0 Å². The fourth-order valence-corrected chi connectivity index (χ4v) is 0.351. The molecule has 0 radical (unpaired) electrons. The molecule has 0 amide bonds. The highest BCUT2D eigenvalue weighted by Gasteiger charge is 1.86. The Morgan fingerprint density at radius 2 is 2.22 bits per heavy atom. The van der Waals surface area contributed by atoms with Crippen molar-refractivity contribution < 1.29 is 4.84 Å². The second-order valence-corrected chi connectivity index (χ2v) is 2.00. The highest BCUT2D eigenvalue weighted by molar-refractivity contribution is 5.52. The van der Waals surface area contributed by atoms with E-state index in [1.54, 1.807) is 6.21 Å². The molecule has 0 atom stereocenters. The lowest BCUT2D eigenvalue weighted by Crippen LogP contribution is -2.16. The SMILES string of the molecule is C/C=N\OCCN(C)C. The van der Waals surface area contributed by atoms with Crippen LogP contribution in [0.4, 0.5) is 0 Å². The van der Waals surface area contributed by atoms with Crippen LogP contribution in [0.15, 0.2) is 5.16 Å². The Balaban J connectivity index is 2.91. The van der Waals surface area contributed by atoms with Crippen LogP contribution >= 0.6 is 0 Å². The first kappa shape index (κ1) is 8.43. The van der Waals surface area contributed by atoms with E-state index in [1.807, 2.05) is 25.9 Å². The highest BCUT2D eigenvalue weighted by Crippen LogP contribution is 1.77. The third-order valence-corrected chi connectivity index (χ3v) is 0.810. The van der Waals surface area contributed by atoms with E-state index in [0.717, 1.165) is 6.54 Å². The van der Waals surface area contributed by atoms with Crippen LogP contribution < -0.4 is 0 Å². The Morgan fingerprint density at radius 1 is 1.56 bits per heavy atom. The number of hydrogen-bond acceptors (Lipinski definition) is 3. The van der Waals surface area contributed by atoms with E-state index in [-0.39, 0.29) is 0 Å². The molecule has 0 rings (SSSR count). The summed E-state index contributed by atoms with van der Waals surface area (Å²) in [6.45, 7) is 3.41. The van der Waals surface area contributed by atoms with Gasteiger partial charge in [0.2, 0.25) is 0 Å². The second-order valence-electron chi connectivity index (χ2n) is 2.00. The van der Waals surface area contributed by atoms with Crippen LogP contribution in [0.5, 0.6) is 0 Å². The molecule has 0 saturated heterocycles. The summed E-state index contributed by atoms with van der Waals surface area (Å²) < 4.78 is 0. The normalized spacial score (nSPS) is 11.1. The molecule has 0 aromatic rings. The summed E-state index contributed by atoms with van der Waals surface area (Å²) in [5.74, 6) is 0. The van der Waals surface area contributed by atoms with Gasteiger partial charge >= 0.3 is 0 Å². The number of rotatable bonds is 4. The molecule has 0 aliphatic rings. The standard InChI is InChI=1S/C6H14N2O/c1-4-7-9-6-5-8(2)3/h4H,5-6H2,1-3H3/b7-4-. The fourth-order valence-electron chi connectivity index (χ4n) is 0.351. The predicted molar refractivity (Wildman–Crippen MR) is 38.7 cm³/mol. The Labute approximate surface area is 56.3 Å². The summed E-state index contributed by atoms with van der Waals surface area (Å²) in [6, 6.07) is 0. The zero-order chi connectivity index (χ0) is 7.11. The van der Waals surface area contributed by atoms with Crippen LogP contribution in [0.25, 0.3) is 0 Å². The van der Waals surface area contributed by atoms with Gasteiger partial charge in [-0.05, 0) is 21.0 Å². The fraction of sp³-hybridized carbons (Fsp3) is 0.833. The maximum atomic E-state index is 4.82. The third-order valence-electron chi connectivity index (χ3n) is 0.810. The molecule has 3 heteroatoms. The average molecular weight is 130 g/mol. The van der Waals surface area contributed by atoms with E-state index in [2.05, 4.69) is 5.16 Å². The molecule has 0 N–H and O–H groups in total. The van der Waals surface area contributed by atoms with Crippen molar-refractivity contribution in [2.24, 2.45) is 5.16 Å². The van der Waals surface area contributed by atoms with Gasteiger partial charge in [-0.2, -0.15) is 0 Å². The van der Waals surface area contributed by atoms with Crippen molar-refractivity contribution in [1.82, 2.24) is 4.90 Å². The van der Waals surface area contributed by atoms with E-state index >= 15 is 0 Å². The first-order valence-corrected chi connectivity index (χ1v) is 3.02. The average Bonchev–Trinajstić information content (AvgIpc) is 1.80. The van der Waals surface area contributed by atoms with E-state index in [1.165, 1.54) is 0 Å². The minimum Gasteiger partial charge on any atom is -0.395 e. The van der Waals surface area contributed by atoms with Gasteiger partial charge in [-0.3, -0.25) is 0 Å². The van der Waals surface area contributed by atoms with Crippen LogP contribution in [0.3, 0.4) is 0 Å². The minimum atomic E-state index is 0.664. The topological polar surface area (TPSA) is 24.8 Å². The number of oxime groups is 1. The zero-order valence-electron chi connectivity index (χ0n) is 6.29. The lowest BCUT2D eigenvalue weighted by Gasteiger charge is -2.06. The van der Waals surface area contributed by atoms with Gasteiger partial charge in [0.1, 0.15) is 6.61 Å². The summed E-state index contributed by atoms with van der Waals surface area (Å²) in [4.78, 5) is 6.87. The maximum absolute atomic E-state index is 4.82. The first-order valence-electron chi connectivity index (χ1n) is 3.02. The largest absolute Gasteiger partial charge is 0.395 e. The molecule has 0 bridgehead atoms. The summed E-state index contributed by atoms with van der Waals surface area (Å²) in [5, 5.41) is 3.59. The van der Waals surface area contributed by atoms with Crippen molar-refractivity contribution in [3.63, 3.8) is 0 Å². The van der Waals surface area contributed by atoms with Gasteiger partial charge in [-0.1, -0.05) is 5.16 Å². The lowest BCUT2D eigenvalue weighted by molar-refractivity contribution is 0.127. The van der Waals surface area contributed by atoms with E-state index in [4.69, 9.17) is 4.84 Å². The lowest BCUT2D eigenvalue weighted by atomic mass is 10.6. The number of hydrogen-bond donors (Lipinski definition) is 0. The molecule has 0 aromatic heterocycles. The summed E-state index contributed by atoms with van der Waals surface area (Å²) >= 11 is 0. The summed E-state index contributed by atoms with van der Waals surface area (Å²) in [7, 11) is 4.00. The molecular formula is C6H14N2O. The Hall–Kier alpha value is -0.570. The Morgan fingerprint density at radius 3 is 2.67 bits per heavy atom. The smallest absolute Gasteiger partial charge is 0.129 e. The number of nitrogens with zero attached hydrogens (tertiary/aromatic N) is 2. The van der Waals surface area contributed by atoms with Gasteiger partial charge in [0, 0.05) is 12.8 Å². The highest BCUT2D eigenvalue weighted by atomic mass is 16.6. The molecule has 54 valence electrons. The Bertz CT molecular complexity index is 81.1. The van der Waals surface area contributed by atoms with E-state index in [0.29, 0.717) is 6.61 Å². The second kappa shape index (κ2) is 5.56. The molecule has 0 spiro atoms. The molecule has 0 heterocycles. The molecule has 0 aromatic carbocycles. The van der Waals surface area contributed by atoms with Gasteiger partial charge in [0.15, 0.2) is 0 Å². The van der Waals surface area contributed by atoms with E-state index < -0.39 is 0 Å². The van der Waals surface area contributed by atoms with Gasteiger partial charge in [0.25, 0.3) is 0 Å². The van der Waals surface area contributed by atoms with Crippen LogP contribution in [-0.2, 0) is 4.84 Å². The van der Waals surface area contributed by atoms with Crippen molar-refractivity contribution in [2.45, 2.75) is 6.92 Å². The molecule has 0 aliphatic carbocycles. The molecule has 0 aliphatic heterocycles. The van der Waals surface area contributed by atoms with Gasteiger partial charge in [-0.15, -0.1) is 0 Å². The first-order chi connectivity index (χ1) is 4.27. The monoisotopic (exact) mass is 130 g/mol. The van der Waals surface area contributed by atoms with Crippen LogP contribution in [-0.4, -0.2) is 38.4 Å². The molecule has 0 saturated carbocycles. The van der Waals surface area contributed by atoms with Crippen LogP contribution in [0.1, 0.15) is 6.92 Å². The van der Waals surface area contributed by atoms with Crippen LogP contribution in [0, 0.1) is 0 Å². The minimum absolute atomic E-state index is 0.664. The Kier molecular flexibility index (Phi) is 5.21. The zero-order valence-corrected chi connectivity index (χ0v) is 6.29. The van der Waals surface area contributed by atoms with Crippen LogP contribution in [0.2, 0.25) is 0 Å². The predicted octanol–water partition coefficient (Wildman–Crippen LogP) is 0.570. The van der Waals surface area contributed by atoms with Crippen molar-refractivity contribution in [2.75, 3.05) is 27.2 Å². The van der Waals surface area contributed by atoms with Crippen molar-refractivity contribution >= 4 is 6.21 Å². The third kappa shape index (κ3) is 7.43. The van der Waals surface area contributed by atoms with Gasteiger partial charge in [0.05, 0.1) is 0 Å². The van der Waals surface area contributed by atoms with Crippen molar-refractivity contribution in [3.8, 4) is 0 Å². The molecule has 0 unspecified atom stereocenters. The van der Waals surface area contributed by atoms with Gasteiger partial charge in [-0.25, -0.2) is 0 Å². The molecular weight excluding hydrogens is 116 g/mol. The summed E-state index contributed by atoms with van der Waals surface area (Å²) in [5.41, 5.74) is 0. The summed E-state index contributed by atoms with van der Waals surface area (Å²) in [6.07, 6.45) is 1.63. The molecule has 0 fully saturated rings. The van der Waals surface area contributed by atoms with Gasteiger partial charge < -0.3 is 9.74 Å². The maximum Gasteiger partial charge on any atom is 0.129 e. The number of likely N-dealkylation sites (N-methyl/N-ethyl adjacent to an activating group) is 1. The molecule has 9 heavy (non-hydrogen) atoms. The van der Waals surface area contributed by atoms with Crippen molar-refractivity contribution in [3.05, 3.63) is 0 Å².